The first kappa shape index (κ1) is 18.2. The minimum Gasteiger partial charge on any atom is -0.493 e. The number of amides is 2. The second-order valence-corrected chi connectivity index (χ2v) is 4.37. The zero-order valence-corrected chi connectivity index (χ0v) is 13.0. The fourth-order valence-corrected chi connectivity index (χ4v) is 1.62. The van der Waals surface area contributed by atoms with E-state index in [1.807, 2.05) is 6.92 Å². The lowest BCUT2D eigenvalue weighted by Gasteiger charge is -2.10. The molecule has 0 saturated carbocycles. The van der Waals surface area contributed by atoms with Crippen molar-refractivity contribution >= 4 is 17.8 Å². The molecule has 7 nitrogen and oxygen atoms in total. The summed E-state index contributed by atoms with van der Waals surface area (Å²) < 4.78 is 10.1. The van der Waals surface area contributed by atoms with Crippen LogP contribution in [0.4, 0.5) is 0 Å². The fraction of sp³-hybridized carbons (Fsp3) is 0.312. The minimum absolute atomic E-state index is 0.293. The van der Waals surface area contributed by atoms with Gasteiger partial charge in [0, 0.05) is 6.54 Å². The Hall–Kier alpha value is -2.83. The van der Waals surface area contributed by atoms with Crippen LogP contribution in [0.1, 0.15) is 17.3 Å². The molecule has 0 aliphatic heterocycles. The summed E-state index contributed by atoms with van der Waals surface area (Å²) in [7, 11) is 0. The molecule has 2 N–H and O–H groups in total. The lowest BCUT2D eigenvalue weighted by Crippen LogP contribution is -2.34. The molecule has 1 aromatic carbocycles. The molecule has 0 bridgehead atoms. The number of nitrogens with one attached hydrogen (secondary N) is 2. The highest BCUT2D eigenvalue weighted by atomic mass is 16.5. The second-order valence-electron chi connectivity index (χ2n) is 4.37. The van der Waals surface area contributed by atoms with Crippen molar-refractivity contribution in [3.8, 4) is 5.75 Å². The van der Waals surface area contributed by atoms with Gasteiger partial charge in [-0.1, -0.05) is 18.2 Å². The van der Waals surface area contributed by atoms with Gasteiger partial charge in [0.1, 0.15) is 12.3 Å². The maximum absolute atomic E-state index is 12.0. The number of para-hydroxylation sites is 1. The van der Waals surface area contributed by atoms with Crippen LogP contribution in [0.5, 0.6) is 5.75 Å². The number of esters is 1. The Morgan fingerprint density at radius 3 is 2.65 bits per heavy atom. The third-order valence-electron chi connectivity index (χ3n) is 2.63. The van der Waals surface area contributed by atoms with Crippen LogP contribution < -0.4 is 15.4 Å². The molecule has 0 aliphatic carbocycles. The standard InChI is InChI=1S/C16H20N2O5/c1-3-9-17-14(19)11-23-15(20)10-18-16(21)12-7-5-6-8-13(12)22-4-2/h3,5-8H,1,4,9-11H2,2H3,(H,17,19)(H,18,21). The number of hydrogen-bond acceptors (Lipinski definition) is 5. The van der Waals surface area contributed by atoms with Crippen LogP contribution in [-0.2, 0) is 14.3 Å². The number of rotatable bonds is 9. The van der Waals surface area contributed by atoms with Gasteiger partial charge in [0.2, 0.25) is 0 Å². The number of benzene rings is 1. The summed E-state index contributed by atoms with van der Waals surface area (Å²) in [4.78, 5) is 34.8. The number of hydrogen-bond donors (Lipinski definition) is 2. The first-order valence-corrected chi connectivity index (χ1v) is 7.11. The molecular formula is C16H20N2O5. The first-order valence-electron chi connectivity index (χ1n) is 7.11. The molecule has 0 aliphatic rings. The molecule has 0 fully saturated rings. The number of ether oxygens (including phenoxy) is 2. The molecule has 2 amide bonds. The lowest BCUT2D eigenvalue weighted by molar-refractivity contribution is -0.147. The van der Waals surface area contributed by atoms with Crippen LogP contribution in [0.25, 0.3) is 0 Å². The minimum atomic E-state index is -0.707. The predicted molar refractivity (Wildman–Crippen MR) is 84.1 cm³/mol. The molecule has 7 heteroatoms. The molecule has 1 rings (SSSR count). The summed E-state index contributed by atoms with van der Waals surface area (Å²) in [5.41, 5.74) is 0.325. The SMILES string of the molecule is C=CCNC(=O)COC(=O)CNC(=O)c1ccccc1OCC. The average Bonchev–Trinajstić information content (AvgIpc) is 2.56. The largest absolute Gasteiger partial charge is 0.493 e. The van der Waals surface area contributed by atoms with Crippen LogP contribution in [-0.4, -0.2) is 44.1 Å². The number of carbonyl (C=O) groups is 3. The first-order chi connectivity index (χ1) is 11.1. The summed E-state index contributed by atoms with van der Waals surface area (Å²) >= 11 is 0. The summed E-state index contributed by atoms with van der Waals surface area (Å²) in [5.74, 6) is -1.17. The van der Waals surface area contributed by atoms with Crippen LogP contribution in [0.3, 0.4) is 0 Å². The molecule has 0 saturated heterocycles. The molecule has 124 valence electrons. The Morgan fingerprint density at radius 1 is 1.22 bits per heavy atom. The van der Waals surface area contributed by atoms with E-state index in [0.717, 1.165) is 0 Å². The summed E-state index contributed by atoms with van der Waals surface area (Å²) in [6, 6.07) is 6.70. The van der Waals surface area contributed by atoms with E-state index in [-0.39, 0.29) is 6.54 Å². The Kier molecular flexibility index (Phi) is 7.91. The number of carbonyl (C=O) groups excluding carboxylic acids is 3. The van der Waals surface area contributed by atoms with E-state index in [2.05, 4.69) is 17.2 Å². The highest BCUT2D eigenvalue weighted by molar-refractivity contribution is 5.98. The van der Waals surface area contributed by atoms with Gasteiger partial charge < -0.3 is 20.1 Å². The molecule has 0 aromatic heterocycles. The zero-order chi connectivity index (χ0) is 17.1. The second kappa shape index (κ2) is 9.99. The van der Waals surface area contributed by atoms with Gasteiger partial charge in [-0.2, -0.15) is 0 Å². The maximum atomic E-state index is 12.0. The van der Waals surface area contributed by atoms with Gasteiger partial charge in [0.05, 0.1) is 12.2 Å². The van der Waals surface area contributed by atoms with Crippen molar-refractivity contribution in [2.75, 3.05) is 26.3 Å². The highest BCUT2D eigenvalue weighted by Crippen LogP contribution is 2.17. The van der Waals surface area contributed by atoms with Crippen LogP contribution in [0, 0.1) is 0 Å². The molecule has 0 heterocycles. The van der Waals surface area contributed by atoms with E-state index in [1.54, 1.807) is 24.3 Å². The van der Waals surface area contributed by atoms with Crippen molar-refractivity contribution in [3.63, 3.8) is 0 Å². The smallest absolute Gasteiger partial charge is 0.325 e. The summed E-state index contributed by atoms with van der Waals surface area (Å²) in [5, 5.41) is 4.88. The molecule has 0 atom stereocenters. The Balaban J connectivity index is 2.42. The van der Waals surface area contributed by atoms with E-state index in [4.69, 9.17) is 9.47 Å². The topological polar surface area (TPSA) is 93.7 Å². The van der Waals surface area contributed by atoms with Crippen LogP contribution in [0.15, 0.2) is 36.9 Å². The predicted octanol–water partition coefficient (Wildman–Crippen LogP) is 0.661. The zero-order valence-electron chi connectivity index (χ0n) is 13.0. The van der Waals surface area contributed by atoms with Crippen molar-refractivity contribution < 1.29 is 23.9 Å². The van der Waals surface area contributed by atoms with Crippen molar-refractivity contribution in [3.05, 3.63) is 42.5 Å². The third-order valence-corrected chi connectivity index (χ3v) is 2.63. The van der Waals surface area contributed by atoms with Crippen LogP contribution in [0.2, 0.25) is 0 Å². The molecule has 23 heavy (non-hydrogen) atoms. The summed E-state index contributed by atoms with van der Waals surface area (Å²) in [6.45, 7) is 5.23. The normalized spacial score (nSPS) is 9.61. The van der Waals surface area contributed by atoms with Gasteiger partial charge in [-0.25, -0.2) is 0 Å². The van der Waals surface area contributed by atoms with E-state index < -0.39 is 24.4 Å². The summed E-state index contributed by atoms with van der Waals surface area (Å²) in [6.07, 6.45) is 1.51. The van der Waals surface area contributed by atoms with Gasteiger partial charge in [-0.3, -0.25) is 14.4 Å². The Labute approximate surface area is 134 Å². The van der Waals surface area contributed by atoms with Gasteiger partial charge in [0.25, 0.3) is 11.8 Å². The van der Waals surface area contributed by atoms with Crippen molar-refractivity contribution in [1.29, 1.82) is 0 Å². The molecule has 0 spiro atoms. The van der Waals surface area contributed by atoms with E-state index in [1.165, 1.54) is 6.08 Å². The maximum Gasteiger partial charge on any atom is 0.325 e. The quantitative estimate of drug-likeness (QED) is 0.515. The Morgan fingerprint density at radius 2 is 1.96 bits per heavy atom. The van der Waals surface area contributed by atoms with Gasteiger partial charge in [-0.15, -0.1) is 6.58 Å². The molecular weight excluding hydrogens is 300 g/mol. The van der Waals surface area contributed by atoms with Crippen molar-refractivity contribution in [2.45, 2.75) is 6.92 Å². The average molecular weight is 320 g/mol. The Bertz CT molecular complexity index is 571. The van der Waals surface area contributed by atoms with Crippen LogP contribution >= 0.6 is 0 Å². The lowest BCUT2D eigenvalue weighted by atomic mass is 10.2. The van der Waals surface area contributed by atoms with Crippen molar-refractivity contribution in [1.82, 2.24) is 10.6 Å². The van der Waals surface area contributed by atoms with Gasteiger partial charge in [0.15, 0.2) is 6.61 Å². The molecule has 0 radical (unpaired) electrons. The van der Waals surface area contributed by atoms with E-state index in [0.29, 0.717) is 24.5 Å². The molecule has 1 aromatic rings. The van der Waals surface area contributed by atoms with E-state index in [9.17, 15) is 14.4 Å². The van der Waals surface area contributed by atoms with E-state index >= 15 is 0 Å². The highest BCUT2D eigenvalue weighted by Gasteiger charge is 2.14. The van der Waals surface area contributed by atoms with Gasteiger partial charge >= 0.3 is 5.97 Å². The van der Waals surface area contributed by atoms with Gasteiger partial charge in [-0.05, 0) is 19.1 Å². The fourth-order valence-electron chi connectivity index (χ4n) is 1.62. The third kappa shape index (κ3) is 6.64. The van der Waals surface area contributed by atoms with Crippen molar-refractivity contribution in [2.24, 2.45) is 0 Å². The monoisotopic (exact) mass is 320 g/mol. The molecule has 0 unspecified atom stereocenters.